The lowest BCUT2D eigenvalue weighted by atomic mass is 9.98. The molecule has 1 amide bonds. The summed E-state index contributed by atoms with van der Waals surface area (Å²) in [4.78, 5) is 14.2. The highest BCUT2D eigenvalue weighted by atomic mass is 16.3. The number of likely N-dealkylation sites (tertiary alicyclic amines) is 1. The number of phenolic OH excluding ortho intramolecular Hbond substituents is 1. The van der Waals surface area contributed by atoms with E-state index in [1.807, 2.05) is 4.90 Å². The lowest BCUT2D eigenvalue weighted by molar-refractivity contribution is 0.0661. The number of piperidine rings is 1. The fraction of sp³-hybridized carbons (Fsp3) is 0.500. The smallest absolute Gasteiger partial charge is 0.254 e. The Balaban J connectivity index is 1.78. The summed E-state index contributed by atoms with van der Waals surface area (Å²) in [6, 6.07) is 6.65. The van der Waals surface area contributed by atoms with Gasteiger partial charge in [0, 0.05) is 18.7 Å². The van der Waals surface area contributed by atoms with Crippen molar-refractivity contribution in [1.29, 1.82) is 0 Å². The first-order valence-corrected chi connectivity index (χ1v) is 6.30. The predicted octanol–water partition coefficient (Wildman–Crippen LogP) is 2.26. The molecule has 1 aromatic carbocycles. The number of nitrogens with zero attached hydrogens (tertiary/aromatic N) is 1. The molecule has 1 N–H and O–H groups in total. The van der Waals surface area contributed by atoms with Crippen molar-refractivity contribution >= 4 is 5.91 Å². The molecule has 0 aromatic heterocycles. The van der Waals surface area contributed by atoms with Gasteiger partial charge in [-0.2, -0.15) is 0 Å². The maximum atomic E-state index is 12.3. The van der Waals surface area contributed by atoms with Gasteiger partial charge in [-0.05, 0) is 49.3 Å². The van der Waals surface area contributed by atoms with Crippen molar-refractivity contribution < 1.29 is 9.90 Å². The number of aromatic hydroxyl groups is 1. The Labute approximate surface area is 101 Å². The van der Waals surface area contributed by atoms with Gasteiger partial charge in [0.1, 0.15) is 5.75 Å². The molecule has 1 aromatic rings. The zero-order valence-electron chi connectivity index (χ0n) is 9.80. The summed E-state index contributed by atoms with van der Waals surface area (Å²) in [6.07, 6.45) is 3.84. The van der Waals surface area contributed by atoms with Crippen LogP contribution in [0, 0.1) is 11.8 Å². The third-order valence-corrected chi connectivity index (χ3v) is 3.99. The zero-order chi connectivity index (χ0) is 11.8. The van der Waals surface area contributed by atoms with Gasteiger partial charge in [0.2, 0.25) is 0 Å². The number of amides is 1. The minimum atomic E-state index is 0.0671. The lowest BCUT2D eigenvalue weighted by Crippen LogP contribution is -2.40. The summed E-state index contributed by atoms with van der Waals surface area (Å²) in [5.41, 5.74) is 0.603. The highest BCUT2D eigenvalue weighted by Crippen LogP contribution is 2.36. The fourth-order valence-corrected chi connectivity index (χ4v) is 3.20. The van der Waals surface area contributed by atoms with Crippen molar-refractivity contribution in [3.05, 3.63) is 29.8 Å². The molecule has 3 rings (SSSR count). The van der Waals surface area contributed by atoms with Crippen LogP contribution >= 0.6 is 0 Å². The molecule has 0 unspecified atom stereocenters. The van der Waals surface area contributed by atoms with Crippen molar-refractivity contribution in [2.45, 2.75) is 19.3 Å². The van der Waals surface area contributed by atoms with Crippen molar-refractivity contribution in [2.24, 2.45) is 11.8 Å². The fourth-order valence-electron chi connectivity index (χ4n) is 3.20. The van der Waals surface area contributed by atoms with Gasteiger partial charge in [-0.1, -0.05) is 6.07 Å². The van der Waals surface area contributed by atoms with Crippen LogP contribution in [0.25, 0.3) is 0 Å². The van der Waals surface area contributed by atoms with Gasteiger partial charge in [0.25, 0.3) is 5.91 Å². The Kier molecular flexibility index (Phi) is 2.54. The normalized spacial score (nSPS) is 27.2. The summed E-state index contributed by atoms with van der Waals surface area (Å²) >= 11 is 0. The largest absolute Gasteiger partial charge is 0.508 e. The molecule has 1 saturated carbocycles. The van der Waals surface area contributed by atoms with Crippen molar-refractivity contribution in [1.82, 2.24) is 4.90 Å². The van der Waals surface area contributed by atoms with Gasteiger partial charge in [0.15, 0.2) is 0 Å². The Morgan fingerprint density at radius 1 is 1.24 bits per heavy atom. The van der Waals surface area contributed by atoms with Crippen molar-refractivity contribution in [3.8, 4) is 5.75 Å². The molecule has 2 aliphatic rings. The second-order valence-corrected chi connectivity index (χ2v) is 5.31. The van der Waals surface area contributed by atoms with E-state index in [2.05, 4.69) is 0 Å². The molecule has 1 heterocycles. The molecule has 2 bridgehead atoms. The SMILES string of the molecule is O=C(c1cccc(O)c1)N1C[C@@H]2CC[C@@H](C2)C1. The molecule has 2 fully saturated rings. The topological polar surface area (TPSA) is 40.5 Å². The van der Waals surface area contributed by atoms with E-state index in [9.17, 15) is 9.90 Å². The van der Waals surface area contributed by atoms with Crippen LogP contribution in [0.4, 0.5) is 0 Å². The van der Waals surface area contributed by atoms with E-state index in [1.165, 1.54) is 19.3 Å². The predicted molar refractivity (Wildman–Crippen MR) is 64.8 cm³/mol. The van der Waals surface area contributed by atoms with Gasteiger partial charge in [-0.3, -0.25) is 4.79 Å². The van der Waals surface area contributed by atoms with Crippen LogP contribution in [-0.4, -0.2) is 29.0 Å². The number of benzene rings is 1. The Hall–Kier alpha value is -1.51. The number of carbonyl (C=O) groups excluding carboxylic acids is 1. The standard InChI is InChI=1S/C14H17NO2/c16-13-3-1-2-12(7-13)14(17)15-8-10-4-5-11(6-10)9-15/h1-3,7,10-11,16H,4-6,8-9H2/t10-,11+. The van der Waals surface area contributed by atoms with Crippen LogP contribution < -0.4 is 0 Å². The highest BCUT2D eigenvalue weighted by molar-refractivity contribution is 5.94. The number of hydrogen-bond acceptors (Lipinski definition) is 2. The van der Waals surface area contributed by atoms with Crippen molar-refractivity contribution in [3.63, 3.8) is 0 Å². The molecule has 90 valence electrons. The van der Waals surface area contributed by atoms with Gasteiger partial charge in [0.05, 0.1) is 0 Å². The number of carbonyl (C=O) groups is 1. The molecule has 1 aliphatic carbocycles. The Bertz CT molecular complexity index is 432. The Morgan fingerprint density at radius 2 is 1.94 bits per heavy atom. The van der Waals surface area contributed by atoms with Crippen LogP contribution in [0.2, 0.25) is 0 Å². The third kappa shape index (κ3) is 2.02. The number of hydrogen-bond donors (Lipinski definition) is 1. The van der Waals surface area contributed by atoms with Crippen molar-refractivity contribution in [2.75, 3.05) is 13.1 Å². The molecule has 2 atom stereocenters. The second kappa shape index (κ2) is 4.06. The lowest BCUT2D eigenvalue weighted by Gasteiger charge is -2.31. The molecule has 3 nitrogen and oxygen atoms in total. The molecule has 0 radical (unpaired) electrons. The van der Waals surface area contributed by atoms with E-state index in [0.717, 1.165) is 13.1 Å². The van der Waals surface area contributed by atoms with Crippen LogP contribution in [-0.2, 0) is 0 Å². The first kappa shape index (κ1) is 10.6. The van der Waals surface area contributed by atoms with Crippen LogP contribution in [0.3, 0.4) is 0 Å². The van der Waals surface area contributed by atoms with Crippen LogP contribution in [0.1, 0.15) is 29.6 Å². The summed E-state index contributed by atoms with van der Waals surface area (Å²) in [6.45, 7) is 1.79. The summed E-state index contributed by atoms with van der Waals surface area (Å²) < 4.78 is 0. The minimum Gasteiger partial charge on any atom is -0.508 e. The molecule has 1 saturated heterocycles. The molecule has 1 aliphatic heterocycles. The molecule has 3 heteroatoms. The van der Waals surface area contributed by atoms with Crippen LogP contribution in [0.15, 0.2) is 24.3 Å². The molecule has 0 spiro atoms. The van der Waals surface area contributed by atoms with Gasteiger partial charge in [-0.25, -0.2) is 0 Å². The van der Waals surface area contributed by atoms with Gasteiger partial charge in [-0.15, -0.1) is 0 Å². The maximum Gasteiger partial charge on any atom is 0.254 e. The van der Waals surface area contributed by atoms with E-state index in [4.69, 9.17) is 0 Å². The van der Waals surface area contributed by atoms with E-state index in [-0.39, 0.29) is 11.7 Å². The van der Waals surface area contributed by atoms with E-state index < -0.39 is 0 Å². The summed E-state index contributed by atoms with van der Waals surface area (Å²) in [7, 11) is 0. The van der Waals surface area contributed by atoms with Crippen LogP contribution in [0.5, 0.6) is 5.75 Å². The number of phenols is 1. The average Bonchev–Trinajstić information content (AvgIpc) is 2.67. The minimum absolute atomic E-state index is 0.0671. The third-order valence-electron chi connectivity index (χ3n) is 3.99. The summed E-state index contributed by atoms with van der Waals surface area (Å²) in [5.74, 6) is 1.64. The van der Waals surface area contributed by atoms with E-state index >= 15 is 0 Å². The zero-order valence-corrected chi connectivity index (χ0v) is 9.80. The molecular formula is C14H17NO2. The van der Waals surface area contributed by atoms with Gasteiger partial charge >= 0.3 is 0 Å². The number of rotatable bonds is 1. The average molecular weight is 231 g/mol. The number of fused-ring (bicyclic) bond motifs is 2. The van der Waals surface area contributed by atoms with E-state index in [0.29, 0.717) is 17.4 Å². The van der Waals surface area contributed by atoms with Gasteiger partial charge < -0.3 is 10.0 Å². The maximum absolute atomic E-state index is 12.3. The monoisotopic (exact) mass is 231 g/mol. The molecule has 17 heavy (non-hydrogen) atoms. The molecular weight excluding hydrogens is 214 g/mol. The first-order chi connectivity index (χ1) is 8.22. The first-order valence-electron chi connectivity index (χ1n) is 6.30. The second-order valence-electron chi connectivity index (χ2n) is 5.31. The van der Waals surface area contributed by atoms with E-state index in [1.54, 1.807) is 24.3 Å². The quantitative estimate of drug-likeness (QED) is 0.805. The highest BCUT2D eigenvalue weighted by Gasteiger charge is 2.35. The summed E-state index contributed by atoms with van der Waals surface area (Å²) in [5, 5.41) is 9.41. The Morgan fingerprint density at radius 3 is 2.59 bits per heavy atom.